The van der Waals surface area contributed by atoms with Crippen LogP contribution in [0.1, 0.15) is 10.5 Å². The van der Waals surface area contributed by atoms with E-state index < -0.39 is 4.92 Å². The van der Waals surface area contributed by atoms with Crippen molar-refractivity contribution in [1.82, 2.24) is 15.1 Å². The van der Waals surface area contributed by atoms with Crippen LogP contribution in [0.2, 0.25) is 0 Å². The van der Waals surface area contributed by atoms with Gasteiger partial charge in [-0.15, -0.1) is 5.10 Å². The fourth-order valence-electron chi connectivity index (χ4n) is 2.77. The first kappa shape index (κ1) is 17.2. The van der Waals surface area contributed by atoms with E-state index in [1.807, 2.05) is 24.3 Å². The van der Waals surface area contributed by atoms with Crippen LogP contribution in [-0.4, -0.2) is 59.2 Å². The zero-order valence-corrected chi connectivity index (χ0v) is 15.0. The van der Waals surface area contributed by atoms with Crippen molar-refractivity contribution in [3.8, 4) is 5.75 Å². The molecule has 9 nitrogen and oxygen atoms in total. The number of nitrogens with one attached hydrogen (secondary N) is 1. The molecule has 0 saturated carbocycles. The molecule has 2 aromatic rings. The number of rotatable bonds is 4. The quantitative estimate of drug-likeness (QED) is 0.611. The third-order valence-electron chi connectivity index (χ3n) is 4.07. The smallest absolute Gasteiger partial charge is 0.357 e. The molecule has 1 saturated heterocycles. The SMILES string of the molecule is COc1ccccc1N1CCN(C(=O)c2n[nH]c([N+](=O)[O-])c2Br)CC1. The Morgan fingerprint density at radius 3 is 2.60 bits per heavy atom. The van der Waals surface area contributed by atoms with Crippen molar-refractivity contribution >= 4 is 33.3 Å². The molecule has 1 N–H and O–H groups in total. The Labute approximate surface area is 151 Å². The first-order valence-corrected chi connectivity index (χ1v) is 8.37. The number of aromatic amines is 1. The van der Waals surface area contributed by atoms with E-state index in [-0.39, 0.29) is 21.9 Å². The minimum atomic E-state index is -0.618. The van der Waals surface area contributed by atoms with E-state index in [4.69, 9.17) is 4.74 Å². The molecule has 1 aliphatic heterocycles. The number of aromatic nitrogens is 2. The van der Waals surface area contributed by atoms with Crippen molar-refractivity contribution < 1.29 is 14.5 Å². The van der Waals surface area contributed by atoms with E-state index in [0.29, 0.717) is 26.2 Å². The summed E-state index contributed by atoms with van der Waals surface area (Å²) in [6.45, 7) is 2.25. The number of ether oxygens (including phenoxy) is 1. The summed E-state index contributed by atoms with van der Waals surface area (Å²) in [4.78, 5) is 26.6. The lowest BCUT2D eigenvalue weighted by Crippen LogP contribution is -2.49. The number of hydrogen-bond acceptors (Lipinski definition) is 6. The summed E-state index contributed by atoms with van der Waals surface area (Å²) in [5.41, 5.74) is 1.01. The molecule has 0 atom stereocenters. The number of anilines is 1. The molecular weight excluding hydrogens is 394 g/mol. The number of methoxy groups -OCH3 is 1. The Morgan fingerprint density at radius 1 is 1.32 bits per heavy atom. The number of para-hydroxylation sites is 2. The van der Waals surface area contributed by atoms with Crippen molar-refractivity contribution in [2.45, 2.75) is 0 Å². The molecule has 2 heterocycles. The third kappa shape index (κ3) is 3.29. The maximum absolute atomic E-state index is 12.6. The number of nitrogens with zero attached hydrogens (tertiary/aromatic N) is 4. The second-order valence-electron chi connectivity index (χ2n) is 5.44. The number of amides is 1. The molecule has 0 spiro atoms. The number of nitro groups is 1. The molecule has 0 radical (unpaired) electrons. The summed E-state index contributed by atoms with van der Waals surface area (Å²) in [5, 5.41) is 16.9. The van der Waals surface area contributed by atoms with Gasteiger partial charge in [-0.3, -0.25) is 4.79 Å². The standard InChI is InChI=1S/C15H16BrN5O4/c1-25-11-5-3-2-4-10(11)19-6-8-20(9-7-19)15(22)13-12(16)14(18-17-13)21(23)24/h2-5H,6-9H2,1H3,(H,17,18). The zero-order chi connectivity index (χ0) is 18.0. The van der Waals surface area contributed by atoms with E-state index in [9.17, 15) is 14.9 Å². The summed E-state index contributed by atoms with van der Waals surface area (Å²) in [6, 6.07) is 7.72. The molecule has 1 aliphatic rings. The Bertz CT molecular complexity index is 801. The van der Waals surface area contributed by atoms with E-state index >= 15 is 0 Å². The molecule has 1 fully saturated rings. The first-order valence-electron chi connectivity index (χ1n) is 7.58. The topological polar surface area (TPSA) is 105 Å². The molecule has 1 amide bonds. The predicted octanol–water partition coefficient (Wildman–Crippen LogP) is 2.05. The van der Waals surface area contributed by atoms with Gasteiger partial charge in [-0.25, -0.2) is 0 Å². The van der Waals surface area contributed by atoms with Gasteiger partial charge in [-0.1, -0.05) is 17.2 Å². The Morgan fingerprint density at radius 2 is 2.00 bits per heavy atom. The van der Waals surface area contributed by atoms with E-state index in [2.05, 4.69) is 31.0 Å². The number of carbonyl (C=O) groups excluding carboxylic acids is 1. The highest BCUT2D eigenvalue weighted by Crippen LogP contribution is 2.30. The molecule has 0 unspecified atom stereocenters. The Hall–Kier alpha value is -2.62. The highest BCUT2D eigenvalue weighted by Gasteiger charge is 2.30. The van der Waals surface area contributed by atoms with Crippen molar-refractivity contribution in [3.63, 3.8) is 0 Å². The van der Waals surface area contributed by atoms with E-state index in [1.54, 1.807) is 12.0 Å². The molecule has 132 valence electrons. The second kappa shape index (κ2) is 7.09. The number of halogens is 1. The predicted molar refractivity (Wildman–Crippen MR) is 94.1 cm³/mol. The summed E-state index contributed by atoms with van der Waals surface area (Å²) < 4.78 is 5.46. The van der Waals surface area contributed by atoms with Gasteiger partial charge in [0.2, 0.25) is 0 Å². The molecule has 1 aromatic carbocycles. The monoisotopic (exact) mass is 409 g/mol. The number of H-pyrrole nitrogens is 1. The van der Waals surface area contributed by atoms with Crippen molar-refractivity contribution in [2.24, 2.45) is 0 Å². The average Bonchev–Trinajstić information content (AvgIpc) is 3.03. The first-order chi connectivity index (χ1) is 12.0. The Kier molecular flexibility index (Phi) is 4.88. The van der Waals surface area contributed by atoms with Crippen LogP contribution in [0.5, 0.6) is 5.75 Å². The van der Waals surface area contributed by atoms with Crippen LogP contribution in [0.25, 0.3) is 0 Å². The van der Waals surface area contributed by atoms with Gasteiger partial charge in [0, 0.05) is 26.2 Å². The van der Waals surface area contributed by atoms with Gasteiger partial charge in [0.1, 0.15) is 10.2 Å². The Balaban J connectivity index is 1.70. The lowest BCUT2D eigenvalue weighted by Gasteiger charge is -2.36. The molecule has 10 heteroatoms. The summed E-state index contributed by atoms with van der Waals surface area (Å²) in [7, 11) is 1.63. The van der Waals surface area contributed by atoms with Gasteiger partial charge < -0.3 is 24.7 Å². The number of piperazine rings is 1. The molecule has 1 aromatic heterocycles. The summed E-state index contributed by atoms with van der Waals surface area (Å²) in [5.74, 6) is 0.125. The fourth-order valence-corrected chi connectivity index (χ4v) is 3.26. The third-order valence-corrected chi connectivity index (χ3v) is 4.82. The van der Waals surface area contributed by atoms with Crippen LogP contribution >= 0.6 is 15.9 Å². The van der Waals surface area contributed by atoms with E-state index in [1.165, 1.54) is 0 Å². The molecule has 25 heavy (non-hydrogen) atoms. The van der Waals surface area contributed by atoms with Crippen molar-refractivity contribution in [2.75, 3.05) is 38.2 Å². The molecule has 3 rings (SSSR count). The van der Waals surface area contributed by atoms with Crippen LogP contribution < -0.4 is 9.64 Å². The lowest BCUT2D eigenvalue weighted by atomic mass is 10.2. The minimum Gasteiger partial charge on any atom is -0.495 e. The molecule has 0 aliphatic carbocycles. The zero-order valence-electron chi connectivity index (χ0n) is 13.4. The fraction of sp³-hybridized carbons (Fsp3) is 0.333. The lowest BCUT2D eigenvalue weighted by molar-refractivity contribution is -0.390. The largest absolute Gasteiger partial charge is 0.495 e. The second-order valence-corrected chi connectivity index (χ2v) is 6.24. The number of hydrogen-bond donors (Lipinski definition) is 1. The van der Waals surface area contributed by atoms with Crippen LogP contribution in [0.4, 0.5) is 11.5 Å². The van der Waals surface area contributed by atoms with Gasteiger partial charge in [0.05, 0.1) is 12.8 Å². The summed E-state index contributed by atoms with van der Waals surface area (Å²) >= 11 is 3.08. The molecule has 0 bridgehead atoms. The minimum absolute atomic E-state index is 0.0254. The number of benzene rings is 1. The van der Waals surface area contributed by atoms with Gasteiger partial charge in [-0.2, -0.15) is 0 Å². The van der Waals surface area contributed by atoms with Crippen LogP contribution in [0.3, 0.4) is 0 Å². The van der Waals surface area contributed by atoms with Crippen LogP contribution in [0, 0.1) is 10.1 Å². The highest BCUT2D eigenvalue weighted by atomic mass is 79.9. The van der Waals surface area contributed by atoms with Crippen molar-refractivity contribution in [3.05, 3.63) is 44.5 Å². The van der Waals surface area contributed by atoms with Gasteiger partial charge >= 0.3 is 5.82 Å². The summed E-state index contributed by atoms with van der Waals surface area (Å²) in [6.07, 6.45) is 0. The van der Waals surface area contributed by atoms with E-state index in [0.717, 1.165) is 11.4 Å². The van der Waals surface area contributed by atoms with Gasteiger partial charge in [0.15, 0.2) is 5.69 Å². The van der Waals surface area contributed by atoms with Gasteiger partial charge in [-0.05, 0) is 33.0 Å². The maximum Gasteiger partial charge on any atom is 0.357 e. The van der Waals surface area contributed by atoms with Crippen molar-refractivity contribution in [1.29, 1.82) is 0 Å². The normalized spacial score (nSPS) is 14.5. The number of carbonyl (C=O) groups is 1. The van der Waals surface area contributed by atoms with Crippen LogP contribution in [-0.2, 0) is 0 Å². The van der Waals surface area contributed by atoms with Gasteiger partial charge in [0.25, 0.3) is 5.91 Å². The maximum atomic E-state index is 12.6. The van der Waals surface area contributed by atoms with Crippen LogP contribution in [0.15, 0.2) is 28.7 Å². The molecular formula is C15H16BrN5O4. The average molecular weight is 410 g/mol. The highest BCUT2D eigenvalue weighted by molar-refractivity contribution is 9.10.